The predicted octanol–water partition coefficient (Wildman–Crippen LogP) is 11.3. The highest BCUT2D eigenvalue weighted by Crippen LogP contribution is 2.48. The molecule has 0 unspecified atom stereocenters. The van der Waals surface area contributed by atoms with Crippen LogP contribution < -0.4 is 0 Å². The fourth-order valence-corrected chi connectivity index (χ4v) is 7.75. The van der Waals surface area contributed by atoms with E-state index in [4.69, 9.17) is 15.0 Å². The lowest BCUT2D eigenvalue weighted by molar-refractivity contribution is 0.681. The molecule has 3 aromatic heterocycles. The van der Waals surface area contributed by atoms with Crippen LogP contribution in [0.15, 0.2) is 127 Å². The van der Waals surface area contributed by atoms with Gasteiger partial charge in [-0.15, -0.1) is 0 Å². The number of aromatic amines is 1. The molecule has 9 rings (SSSR count). The molecule has 3 heterocycles. The minimum atomic E-state index is -0.296. The summed E-state index contributed by atoms with van der Waals surface area (Å²) < 4.78 is 2.21. The normalized spacial score (nSPS) is 15.3. The van der Waals surface area contributed by atoms with E-state index in [1.54, 1.807) is 0 Å². The highest BCUT2D eigenvalue weighted by atomic mass is 15.2. The third kappa shape index (κ3) is 4.72. The van der Waals surface area contributed by atoms with Crippen LogP contribution in [-0.4, -0.2) is 24.5 Å². The molecule has 0 radical (unpaired) electrons. The Labute approximate surface area is 291 Å². The van der Waals surface area contributed by atoms with Gasteiger partial charge in [0.2, 0.25) is 5.95 Å². The van der Waals surface area contributed by atoms with Crippen molar-refractivity contribution in [1.29, 1.82) is 0 Å². The summed E-state index contributed by atoms with van der Waals surface area (Å²) in [4.78, 5) is 19.0. The van der Waals surface area contributed by atoms with Crippen molar-refractivity contribution in [2.24, 2.45) is 5.92 Å². The predicted molar refractivity (Wildman–Crippen MR) is 208 cm³/mol. The molecule has 0 fully saturated rings. The molecule has 0 atom stereocenters. The Bertz CT molecular complexity index is 2580. The van der Waals surface area contributed by atoms with Gasteiger partial charge in [0, 0.05) is 49.5 Å². The number of hydrogen-bond acceptors (Lipinski definition) is 3. The van der Waals surface area contributed by atoms with E-state index in [2.05, 4.69) is 140 Å². The van der Waals surface area contributed by atoms with Gasteiger partial charge in [0.05, 0.1) is 11.0 Å². The molecule has 0 saturated carbocycles. The topological polar surface area (TPSA) is 59.4 Å². The van der Waals surface area contributed by atoms with Crippen molar-refractivity contribution in [2.45, 2.75) is 33.1 Å². The summed E-state index contributed by atoms with van der Waals surface area (Å²) >= 11 is 0. The fourth-order valence-electron chi connectivity index (χ4n) is 7.75. The Morgan fingerprint density at radius 1 is 0.640 bits per heavy atom. The van der Waals surface area contributed by atoms with E-state index in [0.29, 0.717) is 23.5 Å². The van der Waals surface area contributed by atoms with E-state index in [1.807, 2.05) is 36.4 Å². The molecular formula is C45H37N5. The highest BCUT2D eigenvalue weighted by molar-refractivity contribution is 6.15. The lowest BCUT2D eigenvalue weighted by Crippen LogP contribution is -2.22. The van der Waals surface area contributed by atoms with Gasteiger partial charge in [0.1, 0.15) is 0 Å². The number of rotatable bonds is 4. The van der Waals surface area contributed by atoms with Crippen LogP contribution in [0.4, 0.5) is 0 Å². The minimum Gasteiger partial charge on any atom is -0.355 e. The van der Waals surface area contributed by atoms with Crippen molar-refractivity contribution >= 4 is 50.4 Å². The molecule has 50 heavy (non-hydrogen) atoms. The Morgan fingerprint density at radius 2 is 1.26 bits per heavy atom. The Balaban J connectivity index is 1.36. The van der Waals surface area contributed by atoms with Gasteiger partial charge >= 0.3 is 0 Å². The van der Waals surface area contributed by atoms with Crippen LogP contribution in [0.3, 0.4) is 0 Å². The van der Waals surface area contributed by atoms with Gasteiger partial charge in [0.25, 0.3) is 0 Å². The number of aromatic nitrogens is 5. The Morgan fingerprint density at radius 3 is 1.94 bits per heavy atom. The molecule has 1 aliphatic carbocycles. The first-order valence-corrected chi connectivity index (χ1v) is 17.3. The van der Waals surface area contributed by atoms with E-state index in [9.17, 15) is 0 Å². The summed E-state index contributed by atoms with van der Waals surface area (Å²) in [6, 6.07) is 42.2. The molecule has 0 spiro atoms. The van der Waals surface area contributed by atoms with Gasteiger partial charge in [-0.2, -0.15) is 9.97 Å². The fraction of sp³-hybridized carbons (Fsp3) is 0.133. The quantitative estimate of drug-likeness (QED) is 0.207. The maximum Gasteiger partial charge on any atom is 0.238 e. The van der Waals surface area contributed by atoms with Crippen molar-refractivity contribution in [2.75, 3.05) is 0 Å². The second-order valence-electron chi connectivity index (χ2n) is 14.0. The van der Waals surface area contributed by atoms with Crippen LogP contribution in [0.1, 0.15) is 50.1 Å². The molecule has 5 aromatic carbocycles. The van der Waals surface area contributed by atoms with Crippen LogP contribution in [0.5, 0.6) is 0 Å². The summed E-state index contributed by atoms with van der Waals surface area (Å²) in [6.07, 6.45) is 7.04. The number of hydrogen-bond donors (Lipinski definition) is 1. The monoisotopic (exact) mass is 647 g/mol. The molecule has 0 amide bonds. The average Bonchev–Trinajstić information content (AvgIpc) is 3.68. The van der Waals surface area contributed by atoms with Crippen LogP contribution in [-0.2, 0) is 5.41 Å². The zero-order chi connectivity index (χ0) is 34.0. The highest BCUT2D eigenvalue weighted by Gasteiger charge is 2.34. The third-order valence-electron chi connectivity index (χ3n) is 10.0. The van der Waals surface area contributed by atoms with Crippen LogP contribution in [0.2, 0.25) is 0 Å². The molecule has 242 valence electrons. The second-order valence-corrected chi connectivity index (χ2v) is 14.0. The molecule has 0 aliphatic heterocycles. The van der Waals surface area contributed by atoms with Crippen LogP contribution in [0.25, 0.3) is 79.2 Å². The minimum absolute atomic E-state index is 0.296. The number of fused-ring (bicyclic) bond motifs is 8. The molecule has 0 bridgehead atoms. The van der Waals surface area contributed by atoms with E-state index in [0.717, 1.165) is 38.8 Å². The number of benzene rings is 5. The van der Waals surface area contributed by atoms with Crippen molar-refractivity contribution in [1.82, 2.24) is 24.5 Å². The van der Waals surface area contributed by atoms with E-state index >= 15 is 0 Å². The molecular weight excluding hydrogens is 611 g/mol. The molecule has 1 N–H and O–H groups in total. The van der Waals surface area contributed by atoms with E-state index in [1.165, 1.54) is 33.0 Å². The first kappa shape index (κ1) is 30.0. The van der Waals surface area contributed by atoms with Crippen LogP contribution >= 0.6 is 0 Å². The van der Waals surface area contributed by atoms with Crippen molar-refractivity contribution in [3.63, 3.8) is 0 Å². The maximum absolute atomic E-state index is 5.15. The second kappa shape index (κ2) is 11.5. The molecule has 5 nitrogen and oxygen atoms in total. The SMILES string of the molecule is CC(C)/C=C1/c2c([nH]c3ccccc23)/C=C\c2c(ccc3c2c2ccccc2n3-c2nc(-c3ccccc3)nc(-c3ccccc3)n2)C1(C)C. The summed E-state index contributed by atoms with van der Waals surface area (Å²) in [6.45, 7) is 9.29. The summed E-state index contributed by atoms with van der Waals surface area (Å²) in [5, 5.41) is 3.61. The number of para-hydroxylation sites is 2. The van der Waals surface area contributed by atoms with Crippen molar-refractivity contribution < 1.29 is 0 Å². The Kier molecular flexibility index (Phi) is 6.92. The zero-order valence-electron chi connectivity index (χ0n) is 28.6. The zero-order valence-corrected chi connectivity index (χ0v) is 28.6. The van der Waals surface area contributed by atoms with E-state index < -0.39 is 0 Å². The van der Waals surface area contributed by atoms with Gasteiger partial charge in [-0.1, -0.05) is 143 Å². The lowest BCUT2D eigenvalue weighted by atomic mass is 9.70. The smallest absolute Gasteiger partial charge is 0.238 e. The third-order valence-corrected chi connectivity index (χ3v) is 10.0. The van der Waals surface area contributed by atoms with Crippen LogP contribution in [0, 0.1) is 5.92 Å². The standard InChI is InChI=1S/C45H37N5/c1-28(2)27-35-41-32-19-11-13-21-36(32)46-37(41)25-23-31-34(45(35,3)4)24-26-39-40(31)33-20-12-14-22-38(33)50(39)44-48-42(29-15-7-5-8-16-29)47-43(49-44)30-17-9-6-10-18-30/h5-28,46H,1-4H3/b25-23-,35-27-. The average molecular weight is 648 g/mol. The van der Waals surface area contributed by atoms with Gasteiger partial charge < -0.3 is 4.98 Å². The molecule has 1 aliphatic rings. The summed E-state index contributed by atoms with van der Waals surface area (Å²) in [5.74, 6) is 2.26. The number of nitrogens with zero attached hydrogens (tertiary/aromatic N) is 4. The van der Waals surface area contributed by atoms with Gasteiger partial charge in [-0.3, -0.25) is 4.57 Å². The Hall–Kier alpha value is -6.07. The summed E-state index contributed by atoms with van der Waals surface area (Å²) in [7, 11) is 0. The van der Waals surface area contributed by atoms with Crippen molar-refractivity contribution in [3.8, 4) is 28.7 Å². The number of nitrogens with one attached hydrogen (secondary N) is 1. The first-order valence-electron chi connectivity index (χ1n) is 17.3. The molecule has 8 aromatic rings. The maximum atomic E-state index is 5.15. The largest absolute Gasteiger partial charge is 0.355 e. The molecule has 5 heteroatoms. The van der Waals surface area contributed by atoms with Gasteiger partial charge in [-0.25, -0.2) is 4.98 Å². The van der Waals surface area contributed by atoms with Crippen molar-refractivity contribution in [3.05, 3.63) is 150 Å². The van der Waals surface area contributed by atoms with Gasteiger partial charge in [0.15, 0.2) is 11.6 Å². The lowest BCUT2D eigenvalue weighted by Gasteiger charge is -2.33. The number of H-pyrrole nitrogens is 1. The van der Waals surface area contributed by atoms with E-state index in [-0.39, 0.29) is 5.41 Å². The summed E-state index contributed by atoms with van der Waals surface area (Å²) in [5.41, 5.74) is 11.1. The van der Waals surface area contributed by atoms with Gasteiger partial charge in [-0.05, 0) is 46.9 Å². The first-order chi connectivity index (χ1) is 24.4. The number of allylic oxidation sites excluding steroid dienone is 2. The molecule has 0 saturated heterocycles.